The first-order valence-corrected chi connectivity index (χ1v) is 12.7. The lowest BCUT2D eigenvalue weighted by atomic mass is 10.2. The van der Waals surface area contributed by atoms with Crippen molar-refractivity contribution in [2.45, 2.75) is 18.4 Å². The largest absolute Gasteiger partial charge is 0.337 e. The summed E-state index contributed by atoms with van der Waals surface area (Å²) in [5.74, 6) is -0.467. The van der Waals surface area contributed by atoms with E-state index in [-0.39, 0.29) is 29.1 Å². The molecule has 3 aromatic rings. The zero-order chi connectivity index (χ0) is 25.7. The van der Waals surface area contributed by atoms with Crippen LogP contribution in [0.25, 0.3) is 10.6 Å². The van der Waals surface area contributed by atoms with Gasteiger partial charge in [0.2, 0.25) is 0 Å². The number of benzene rings is 2. The van der Waals surface area contributed by atoms with Crippen molar-refractivity contribution in [3.63, 3.8) is 0 Å². The first-order valence-electron chi connectivity index (χ1n) is 10.7. The van der Waals surface area contributed by atoms with Gasteiger partial charge in [0.05, 0.1) is 27.6 Å². The van der Waals surface area contributed by atoms with Crippen molar-refractivity contribution < 1.29 is 9.72 Å². The Kier molecular flexibility index (Phi) is 6.07. The number of carbonyl (C=O) groups is 1. The SMILES string of the molecule is C=CCn1c(=O)/c(=C2/Sc3ccc(Cl)cc3N2C)s/c1=C1/C(=O)N(c2cccc([N+](=O)[O-])c2)N=C1C. The fourth-order valence-electron chi connectivity index (χ4n) is 4.01. The number of hydrogen-bond acceptors (Lipinski definition) is 8. The number of anilines is 2. The smallest absolute Gasteiger partial charge is 0.283 e. The molecule has 0 spiro atoms. The molecule has 0 saturated carbocycles. The maximum Gasteiger partial charge on any atom is 0.283 e. The Hall–Kier alpha value is -3.67. The summed E-state index contributed by atoms with van der Waals surface area (Å²) in [6.07, 6.45) is 1.59. The van der Waals surface area contributed by atoms with Gasteiger partial charge in [-0.2, -0.15) is 10.1 Å². The van der Waals surface area contributed by atoms with Crippen LogP contribution >= 0.6 is 34.7 Å². The second-order valence-electron chi connectivity index (χ2n) is 7.97. The molecular formula is C24H18ClN5O4S2. The molecule has 12 heteroatoms. The van der Waals surface area contributed by atoms with Gasteiger partial charge in [0, 0.05) is 35.6 Å². The van der Waals surface area contributed by atoms with Crippen molar-refractivity contribution in [2.75, 3.05) is 17.0 Å². The molecule has 0 fully saturated rings. The van der Waals surface area contributed by atoms with Crippen LogP contribution in [0.5, 0.6) is 0 Å². The number of aromatic nitrogens is 1. The minimum absolute atomic E-state index is 0.152. The minimum atomic E-state index is -0.531. The van der Waals surface area contributed by atoms with Crippen LogP contribution in [0.15, 0.2) is 69.9 Å². The fourth-order valence-corrected chi connectivity index (χ4v) is 6.71. The highest BCUT2D eigenvalue weighted by Crippen LogP contribution is 2.46. The molecule has 1 aromatic heterocycles. The van der Waals surface area contributed by atoms with E-state index in [1.807, 2.05) is 24.1 Å². The van der Waals surface area contributed by atoms with Gasteiger partial charge in [-0.15, -0.1) is 17.9 Å². The van der Waals surface area contributed by atoms with Gasteiger partial charge < -0.3 is 4.90 Å². The Morgan fingerprint density at radius 1 is 1.22 bits per heavy atom. The standard InChI is InChI=1S/C24H18ClN5O4S2/c1-4-10-28-22(32)20(24-27(3)17-11-14(25)8-9-18(17)35-24)36-23(28)19-13(2)26-29(21(19)31)15-6-5-7-16(12-15)30(33)34/h4-9,11-12H,1,10H2,2-3H3/b23-19+,24-20-. The van der Waals surface area contributed by atoms with Crippen LogP contribution in [-0.2, 0) is 11.3 Å². The van der Waals surface area contributed by atoms with Crippen molar-refractivity contribution in [2.24, 2.45) is 5.10 Å². The molecule has 2 aromatic carbocycles. The first-order chi connectivity index (χ1) is 17.2. The molecule has 3 heterocycles. The number of hydrazone groups is 1. The normalized spacial score (nSPS) is 18.0. The van der Waals surface area contributed by atoms with E-state index in [0.717, 1.165) is 20.6 Å². The number of nitro benzene ring substituents is 1. The Morgan fingerprint density at radius 3 is 2.72 bits per heavy atom. The molecule has 0 N–H and O–H groups in total. The van der Waals surface area contributed by atoms with E-state index in [1.54, 1.807) is 25.1 Å². The Labute approximate surface area is 218 Å². The third-order valence-electron chi connectivity index (χ3n) is 5.70. The summed E-state index contributed by atoms with van der Waals surface area (Å²) in [6.45, 7) is 5.64. The summed E-state index contributed by atoms with van der Waals surface area (Å²) < 4.78 is 2.44. The van der Waals surface area contributed by atoms with Crippen molar-refractivity contribution in [3.05, 3.63) is 89.8 Å². The molecule has 182 valence electrons. The molecule has 1 amide bonds. The van der Waals surface area contributed by atoms with Crippen LogP contribution in [0, 0.1) is 10.1 Å². The number of non-ortho nitro benzene ring substituents is 1. The van der Waals surface area contributed by atoms with Gasteiger partial charge in [-0.25, -0.2) is 0 Å². The van der Waals surface area contributed by atoms with Gasteiger partial charge in [0.15, 0.2) is 0 Å². The van der Waals surface area contributed by atoms with Gasteiger partial charge in [-0.3, -0.25) is 24.3 Å². The second-order valence-corrected chi connectivity index (χ2v) is 10.4. The lowest BCUT2D eigenvalue weighted by molar-refractivity contribution is -0.384. The summed E-state index contributed by atoms with van der Waals surface area (Å²) in [7, 11) is 1.87. The zero-order valence-corrected chi connectivity index (χ0v) is 21.5. The molecule has 0 saturated heterocycles. The molecule has 0 radical (unpaired) electrons. The minimum Gasteiger partial charge on any atom is -0.337 e. The van der Waals surface area contributed by atoms with E-state index in [9.17, 15) is 19.7 Å². The first kappa shape index (κ1) is 24.0. The van der Waals surface area contributed by atoms with Crippen molar-refractivity contribution >= 4 is 74.0 Å². The van der Waals surface area contributed by atoms with Gasteiger partial charge in [-0.1, -0.05) is 35.5 Å². The van der Waals surface area contributed by atoms with Crippen molar-refractivity contribution in [1.29, 1.82) is 0 Å². The molecule has 0 unspecified atom stereocenters. The van der Waals surface area contributed by atoms with Crippen LogP contribution < -0.4 is 24.7 Å². The van der Waals surface area contributed by atoms with E-state index in [2.05, 4.69) is 11.7 Å². The molecule has 2 aliphatic heterocycles. The number of nitrogens with zero attached hydrogens (tertiary/aromatic N) is 5. The van der Waals surface area contributed by atoms with E-state index < -0.39 is 10.8 Å². The average molecular weight is 540 g/mol. The van der Waals surface area contributed by atoms with Crippen LogP contribution in [0.1, 0.15) is 6.92 Å². The van der Waals surface area contributed by atoms with E-state index >= 15 is 0 Å². The zero-order valence-electron chi connectivity index (χ0n) is 19.1. The Morgan fingerprint density at radius 2 is 2.00 bits per heavy atom. The van der Waals surface area contributed by atoms with Gasteiger partial charge in [0.1, 0.15) is 14.2 Å². The predicted octanol–water partition coefficient (Wildman–Crippen LogP) is 3.54. The molecule has 0 atom stereocenters. The van der Waals surface area contributed by atoms with E-state index in [4.69, 9.17) is 11.6 Å². The fraction of sp³-hybridized carbons (Fsp3) is 0.125. The van der Waals surface area contributed by atoms with Crippen LogP contribution in [0.4, 0.5) is 17.1 Å². The average Bonchev–Trinajstić information content (AvgIpc) is 3.45. The lowest BCUT2D eigenvalue weighted by Crippen LogP contribution is -2.35. The molecule has 2 aliphatic rings. The second kappa shape index (κ2) is 9.08. The van der Waals surface area contributed by atoms with E-state index in [1.165, 1.54) is 45.9 Å². The van der Waals surface area contributed by atoms with Crippen LogP contribution in [0.3, 0.4) is 0 Å². The van der Waals surface area contributed by atoms with Crippen molar-refractivity contribution in [1.82, 2.24) is 4.57 Å². The highest BCUT2D eigenvalue weighted by Gasteiger charge is 2.33. The monoisotopic (exact) mass is 539 g/mol. The third-order valence-corrected chi connectivity index (χ3v) is 8.49. The Bertz CT molecular complexity index is 1690. The maximum absolute atomic E-state index is 13.6. The number of hydrogen-bond donors (Lipinski definition) is 0. The summed E-state index contributed by atoms with van der Waals surface area (Å²) >= 11 is 8.85. The molecule has 5 rings (SSSR count). The number of nitro groups is 1. The number of carbonyl (C=O) groups excluding carboxylic acids is 1. The van der Waals surface area contributed by atoms with Crippen LogP contribution in [-0.4, -0.2) is 28.2 Å². The number of thioether (sulfide) groups is 1. The molecule has 9 nitrogen and oxygen atoms in total. The topological polar surface area (TPSA) is 101 Å². The quantitative estimate of drug-likeness (QED) is 0.285. The number of thiazole rings is 1. The number of fused-ring (bicyclic) bond motifs is 1. The van der Waals surface area contributed by atoms with Crippen LogP contribution in [0.2, 0.25) is 5.02 Å². The lowest BCUT2D eigenvalue weighted by Gasteiger charge is -2.12. The summed E-state index contributed by atoms with van der Waals surface area (Å²) in [5.41, 5.74) is 1.44. The molecule has 0 aliphatic carbocycles. The van der Waals surface area contributed by atoms with Crippen molar-refractivity contribution in [3.8, 4) is 0 Å². The predicted molar refractivity (Wildman–Crippen MR) is 144 cm³/mol. The van der Waals surface area contributed by atoms with E-state index in [0.29, 0.717) is 19.9 Å². The third kappa shape index (κ3) is 3.85. The maximum atomic E-state index is 13.6. The molecular weight excluding hydrogens is 522 g/mol. The molecule has 36 heavy (non-hydrogen) atoms. The number of rotatable bonds is 4. The highest BCUT2D eigenvalue weighted by atomic mass is 35.5. The molecule has 0 bridgehead atoms. The summed E-state index contributed by atoms with van der Waals surface area (Å²) in [6, 6.07) is 11.3. The number of allylic oxidation sites excluding steroid dienone is 1. The summed E-state index contributed by atoms with van der Waals surface area (Å²) in [5, 5.41) is 18.0. The number of amides is 1. The number of halogens is 1. The summed E-state index contributed by atoms with van der Waals surface area (Å²) in [4.78, 5) is 40.6. The Balaban J connectivity index is 1.70. The van der Waals surface area contributed by atoms with Gasteiger partial charge in [-0.05, 0) is 31.2 Å². The highest BCUT2D eigenvalue weighted by molar-refractivity contribution is 8.08. The van der Waals surface area contributed by atoms with Gasteiger partial charge in [0.25, 0.3) is 17.2 Å². The van der Waals surface area contributed by atoms with Gasteiger partial charge >= 0.3 is 0 Å².